The monoisotopic (exact) mass is 261 g/mol. The van der Waals surface area contributed by atoms with Crippen molar-refractivity contribution in [2.24, 2.45) is 11.7 Å². The summed E-state index contributed by atoms with van der Waals surface area (Å²) in [7, 11) is 0. The van der Waals surface area contributed by atoms with Crippen LogP contribution in [0.4, 0.5) is 0 Å². The van der Waals surface area contributed by atoms with Crippen LogP contribution >= 0.6 is 27.5 Å². The van der Waals surface area contributed by atoms with E-state index in [-0.39, 0.29) is 6.04 Å². The van der Waals surface area contributed by atoms with Gasteiger partial charge in [-0.15, -0.1) is 0 Å². The van der Waals surface area contributed by atoms with E-state index in [2.05, 4.69) is 29.8 Å². The first-order valence-electron chi connectivity index (χ1n) is 4.22. The number of rotatable bonds is 2. The van der Waals surface area contributed by atoms with Crippen molar-refractivity contribution in [3.8, 4) is 0 Å². The van der Waals surface area contributed by atoms with Crippen molar-refractivity contribution in [3.63, 3.8) is 0 Å². The smallest absolute Gasteiger partial charge is 0.0420 e. The number of hydrogen-bond donors (Lipinski definition) is 1. The zero-order valence-electron chi connectivity index (χ0n) is 7.72. The summed E-state index contributed by atoms with van der Waals surface area (Å²) in [5.41, 5.74) is 7.07. The van der Waals surface area contributed by atoms with Crippen LogP contribution in [-0.2, 0) is 0 Å². The molecule has 0 heterocycles. The summed E-state index contributed by atoms with van der Waals surface area (Å²) in [6.45, 7) is 4.19. The molecular weight excluding hydrogens is 249 g/mol. The highest BCUT2D eigenvalue weighted by Gasteiger charge is 2.11. The van der Waals surface area contributed by atoms with Gasteiger partial charge >= 0.3 is 0 Å². The summed E-state index contributed by atoms with van der Waals surface area (Å²) in [4.78, 5) is 0. The summed E-state index contributed by atoms with van der Waals surface area (Å²) in [5.74, 6) is 0.422. The van der Waals surface area contributed by atoms with Crippen LogP contribution in [0, 0.1) is 5.92 Å². The van der Waals surface area contributed by atoms with E-state index in [1.54, 1.807) is 0 Å². The van der Waals surface area contributed by atoms with Gasteiger partial charge in [-0.05, 0) is 29.7 Å². The first-order chi connectivity index (χ1) is 6.00. The van der Waals surface area contributed by atoms with Crippen molar-refractivity contribution in [2.45, 2.75) is 19.9 Å². The lowest BCUT2D eigenvalue weighted by Crippen LogP contribution is -2.16. The van der Waals surface area contributed by atoms with E-state index in [0.29, 0.717) is 5.92 Å². The Balaban J connectivity index is 3.01. The van der Waals surface area contributed by atoms with Crippen molar-refractivity contribution in [1.82, 2.24) is 0 Å². The SMILES string of the molecule is CC(C)C(N)c1cc(Cl)cc(Br)c1. The summed E-state index contributed by atoms with van der Waals surface area (Å²) < 4.78 is 0.978. The maximum atomic E-state index is 6.00. The van der Waals surface area contributed by atoms with Crippen LogP contribution in [0.1, 0.15) is 25.5 Å². The lowest BCUT2D eigenvalue weighted by atomic mass is 9.97. The molecule has 0 aliphatic carbocycles. The first-order valence-corrected chi connectivity index (χ1v) is 5.39. The molecule has 1 aromatic rings. The molecule has 1 rings (SSSR count). The standard InChI is InChI=1S/C10H13BrClN/c1-6(2)10(13)7-3-8(11)5-9(12)4-7/h3-6,10H,13H2,1-2H3. The Morgan fingerprint density at radius 3 is 2.38 bits per heavy atom. The quantitative estimate of drug-likeness (QED) is 0.863. The molecule has 72 valence electrons. The highest BCUT2D eigenvalue weighted by molar-refractivity contribution is 9.10. The molecule has 0 aliphatic rings. The average molecular weight is 263 g/mol. The Morgan fingerprint density at radius 2 is 1.92 bits per heavy atom. The molecule has 0 saturated carbocycles. The fourth-order valence-electron chi connectivity index (χ4n) is 1.15. The summed E-state index contributed by atoms with van der Waals surface area (Å²) in [5, 5.41) is 0.723. The third-order valence-electron chi connectivity index (χ3n) is 1.99. The molecule has 0 aromatic heterocycles. The van der Waals surface area contributed by atoms with Crippen molar-refractivity contribution >= 4 is 27.5 Å². The van der Waals surface area contributed by atoms with Gasteiger partial charge in [-0.25, -0.2) is 0 Å². The Labute approximate surface area is 92.4 Å². The van der Waals surface area contributed by atoms with E-state index in [4.69, 9.17) is 17.3 Å². The fourth-order valence-corrected chi connectivity index (χ4v) is 2.04. The van der Waals surface area contributed by atoms with E-state index in [1.165, 1.54) is 0 Å². The minimum absolute atomic E-state index is 0.0509. The highest BCUT2D eigenvalue weighted by Crippen LogP contribution is 2.26. The lowest BCUT2D eigenvalue weighted by Gasteiger charge is -2.16. The minimum atomic E-state index is 0.0509. The number of benzene rings is 1. The molecule has 0 fully saturated rings. The molecule has 0 saturated heterocycles. The molecule has 1 atom stereocenters. The van der Waals surface area contributed by atoms with Crippen LogP contribution in [0.15, 0.2) is 22.7 Å². The molecule has 0 amide bonds. The van der Waals surface area contributed by atoms with E-state index < -0.39 is 0 Å². The van der Waals surface area contributed by atoms with Gasteiger partial charge in [-0.2, -0.15) is 0 Å². The Kier molecular flexibility index (Phi) is 3.77. The van der Waals surface area contributed by atoms with Gasteiger partial charge in [0, 0.05) is 15.5 Å². The van der Waals surface area contributed by atoms with Crippen LogP contribution in [0.25, 0.3) is 0 Å². The van der Waals surface area contributed by atoms with Crippen LogP contribution in [0.5, 0.6) is 0 Å². The van der Waals surface area contributed by atoms with Gasteiger partial charge in [0.25, 0.3) is 0 Å². The van der Waals surface area contributed by atoms with E-state index in [9.17, 15) is 0 Å². The second kappa shape index (κ2) is 4.45. The Bertz CT molecular complexity index is 279. The van der Waals surface area contributed by atoms with Crippen LogP contribution in [0.2, 0.25) is 5.02 Å². The van der Waals surface area contributed by atoms with Gasteiger partial charge in [0.2, 0.25) is 0 Å². The van der Waals surface area contributed by atoms with Gasteiger partial charge in [0.05, 0.1) is 0 Å². The third kappa shape index (κ3) is 2.97. The predicted octanol–water partition coefficient (Wildman–Crippen LogP) is 3.76. The summed E-state index contributed by atoms with van der Waals surface area (Å²) >= 11 is 9.30. The number of nitrogens with two attached hydrogens (primary N) is 1. The topological polar surface area (TPSA) is 26.0 Å². The summed E-state index contributed by atoms with van der Waals surface area (Å²) in [6, 6.07) is 5.83. The van der Waals surface area contributed by atoms with Crippen molar-refractivity contribution < 1.29 is 0 Å². The lowest BCUT2D eigenvalue weighted by molar-refractivity contribution is 0.514. The zero-order valence-corrected chi connectivity index (χ0v) is 10.1. The van der Waals surface area contributed by atoms with Crippen LogP contribution in [-0.4, -0.2) is 0 Å². The Morgan fingerprint density at radius 1 is 1.31 bits per heavy atom. The molecule has 3 heteroatoms. The van der Waals surface area contributed by atoms with Gasteiger partial charge < -0.3 is 5.73 Å². The summed E-state index contributed by atoms with van der Waals surface area (Å²) in [6.07, 6.45) is 0. The molecule has 0 radical (unpaired) electrons. The van der Waals surface area contributed by atoms with Crippen molar-refractivity contribution in [2.75, 3.05) is 0 Å². The van der Waals surface area contributed by atoms with Gasteiger partial charge in [0.1, 0.15) is 0 Å². The second-order valence-electron chi connectivity index (χ2n) is 3.47. The van der Waals surface area contributed by atoms with Gasteiger partial charge in [-0.3, -0.25) is 0 Å². The maximum Gasteiger partial charge on any atom is 0.0420 e. The molecule has 1 nitrogen and oxygen atoms in total. The fraction of sp³-hybridized carbons (Fsp3) is 0.400. The first kappa shape index (κ1) is 11.0. The largest absolute Gasteiger partial charge is 0.324 e. The number of hydrogen-bond acceptors (Lipinski definition) is 1. The Hall–Kier alpha value is -0.0500. The van der Waals surface area contributed by atoms with E-state index in [1.807, 2.05) is 18.2 Å². The molecule has 1 unspecified atom stereocenters. The molecule has 13 heavy (non-hydrogen) atoms. The van der Waals surface area contributed by atoms with E-state index >= 15 is 0 Å². The molecule has 0 aliphatic heterocycles. The predicted molar refractivity (Wildman–Crippen MR) is 60.9 cm³/mol. The molecule has 0 spiro atoms. The van der Waals surface area contributed by atoms with Gasteiger partial charge in [0.15, 0.2) is 0 Å². The molecule has 2 N–H and O–H groups in total. The molecular formula is C10H13BrClN. The average Bonchev–Trinajstić information content (AvgIpc) is 2.01. The van der Waals surface area contributed by atoms with Crippen LogP contribution < -0.4 is 5.73 Å². The second-order valence-corrected chi connectivity index (χ2v) is 4.82. The van der Waals surface area contributed by atoms with Gasteiger partial charge in [-0.1, -0.05) is 41.4 Å². The van der Waals surface area contributed by atoms with Crippen molar-refractivity contribution in [3.05, 3.63) is 33.3 Å². The van der Waals surface area contributed by atoms with E-state index in [0.717, 1.165) is 15.1 Å². The van der Waals surface area contributed by atoms with Crippen molar-refractivity contribution in [1.29, 1.82) is 0 Å². The van der Waals surface area contributed by atoms with Crippen LogP contribution in [0.3, 0.4) is 0 Å². The normalized spacial score (nSPS) is 13.4. The number of halogens is 2. The third-order valence-corrected chi connectivity index (χ3v) is 2.66. The highest BCUT2D eigenvalue weighted by atomic mass is 79.9. The minimum Gasteiger partial charge on any atom is -0.324 e. The zero-order chi connectivity index (χ0) is 10.0. The molecule has 0 bridgehead atoms. The molecule has 1 aromatic carbocycles. The maximum absolute atomic E-state index is 6.00.